The van der Waals surface area contributed by atoms with Gasteiger partial charge in [-0.2, -0.15) is 0 Å². The number of ether oxygens (including phenoxy) is 1. The van der Waals surface area contributed by atoms with Crippen LogP contribution in [0.15, 0.2) is 18.2 Å². The molecule has 1 aromatic carbocycles. The first-order valence-electron chi connectivity index (χ1n) is 10.7. The number of carbonyl (C=O) groups is 3. The Morgan fingerprint density at radius 1 is 1.27 bits per heavy atom. The van der Waals surface area contributed by atoms with E-state index < -0.39 is 11.9 Å². The molecule has 3 N–H and O–H groups in total. The average Bonchev–Trinajstić information content (AvgIpc) is 3.21. The maximum Gasteiger partial charge on any atom is 0.256 e. The third-order valence-electron chi connectivity index (χ3n) is 5.55. The summed E-state index contributed by atoms with van der Waals surface area (Å²) in [7, 11) is 3.34. The van der Waals surface area contributed by atoms with Gasteiger partial charge < -0.3 is 25.3 Å². The van der Waals surface area contributed by atoms with Crippen molar-refractivity contribution in [1.29, 1.82) is 0 Å². The maximum absolute atomic E-state index is 13.7. The van der Waals surface area contributed by atoms with Gasteiger partial charge in [-0.15, -0.1) is 0 Å². The molecule has 0 saturated heterocycles. The minimum atomic E-state index is -0.441. The van der Waals surface area contributed by atoms with Crippen LogP contribution < -0.4 is 10.6 Å². The number of benzene rings is 1. The zero-order valence-corrected chi connectivity index (χ0v) is 19.5. The number of hydrogen-bond donors (Lipinski definition) is 3. The number of aromatic nitrogens is 1. The highest BCUT2D eigenvalue weighted by Gasteiger charge is 2.26. The lowest BCUT2D eigenvalue weighted by Crippen LogP contribution is -2.37. The summed E-state index contributed by atoms with van der Waals surface area (Å²) < 4.78 is 19.3. The topological polar surface area (TPSA) is 104 Å². The Hall–Kier alpha value is -3.46. The molecule has 0 aliphatic carbocycles. The van der Waals surface area contributed by atoms with Gasteiger partial charge in [0.25, 0.3) is 11.8 Å². The van der Waals surface area contributed by atoms with Gasteiger partial charge in [0.1, 0.15) is 5.82 Å². The van der Waals surface area contributed by atoms with Gasteiger partial charge in [0.05, 0.1) is 23.7 Å². The third-order valence-corrected chi connectivity index (χ3v) is 5.55. The van der Waals surface area contributed by atoms with Gasteiger partial charge in [-0.05, 0) is 50.6 Å². The van der Waals surface area contributed by atoms with E-state index in [0.717, 1.165) is 0 Å². The Balaban J connectivity index is 1.80. The Kier molecular flexibility index (Phi) is 7.33. The lowest BCUT2D eigenvalue weighted by Gasteiger charge is -2.19. The standard InChI is InChI=1S/C24H29FN4O4/c1-6-33-16(10-21(30)29(4)5)12-26-24(32)22-13(2)20(27-14(22)3)11-18-17-9-15(25)7-8-19(17)28-23(18)31/h7-9,11,16,27H,6,10,12H2,1-5H3,(H,26,32)(H,28,31)/b18-11-. The number of carbonyl (C=O) groups excluding carboxylic acids is 3. The Morgan fingerprint density at radius 3 is 2.67 bits per heavy atom. The number of nitrogens with one attached hydrogen (secondary N) is 3. The molecule has 1 aliphatic rings. The molecule has 33 heavy (non-hydrogen) atoms. The van der Waals surface area contributed by atoms with Crippen LogP contribution >= 0.6 is 0 Å². The molecule has 3 amide bonds. The van der Waals surface area contributed by atoms with Crippen LogP contribution in [0.1, 0.15) is 46.2 Å². The van der Waals surface area contributed by atoms with Crippen LogP contribution in [0.5, 0.6) is 0 Å². The van der Waals surface area contributed by atoms with E-state index in [1.165, 1.54) is 23.1 Å². The summed E-state index contributed by atoms with van der Waals surface area (Å²) in [5, 5.41) is 5.56. The minimum absolute atomic E-state index is 0.0860. The van der Waals surface area contributed by atoms with Gasteiger partial charge >= 0.3 is 0 Å². The van der Waals surface area contributed by atoms with Crippen molar-refractivity contribution in [2.75, 3.05) is 32.6 Å². The number of aromatic amines is 1. The van der Waals surface area contributed by atoms with Gasteiger partial charge in [0.2, 0.25) is 5.91 Å². The molecule has 1 unspecified atom stereocenters. The van der Waals surface area contributed by atoms with Crippen molar-refractivity contribution in [1.82, 2.24) is 15.2 Å². The van der Waals surface area contributed by atoms with E-state index in [0.29, 0.717) is 45.9 Å². The summed E-state index contributed by atoms with van der Waals surface area (Å²) in [6.45, 7) is 5.98. The normalized spacial score (nSPS) is 14.7. The van der Waals surface area contributed by atoms with Crippen LogP contribution in [0.2, 0.25) is 0 Å². The molecule has 0 spiro atoms. The fourth-order valence-corrected chi connectivity index (χ4v) is 3.80. The Bertz CT molecular complexity index is 1120. The van der Waals surface area contributed by atoms with Crippen LogP contribution in [-0.2, 0) is 14.3 Å². The summed E-state index contributed by atoms with van der Waals surface area (Å²) in [4.78, 5) is 42.0. The van der Waals surface area contributed by atoms with Crippen LogP contribution in [0, 0.1) is 19.7 Å². The number of nitrogens with zero attached hydrogens (tertiary/aromatic N) is 1. The number of H-pyrrole nitrogens is 1. The highest BCUT2D eigenvalue weighted by molar-refractivity contribution is 6.34. The fraction of sp³-hybridized carbons (Fsp3) is 0.375. The Labute approximate surface area is 192 Å². The van der Waals surface area contributed by atoms with Crippen molar-refractivity contribution in [2.45, 2.75) is 33.3 Å². The number of aryl methyl sites for hydroxylation is 1. The molecule has 176 valence electrons. The van der Waals surface area contributed by atoms with Crippen molar-refractivity contribution < 1.29 is 23.5 Å². The van der Waals surface area contributed by atoms with Crippen LogP contribution in [0.3, 0.4) is 0 Å². The zero-order chi connectivity index (χ0) is 24.3. The minimum Gasteiger partial charge on any atom is -0.376 e. The molecule has 1 atom stereocenters. The summed E-state index contributed by atoms with van der Waals surface area (Å²) in [6.07, 6.45) is 1.34. The number of fused-ring (bicyclic) bond motifs is 1. The summed E-state index contributed by atoms with van der Waals surface area (Å²) in [5.41, 5.74) is 3.67. The molecular weight excluding hydrogens is 427 g/mol. The molecule has 0 bridgehead atoms. The van der Waals surface area contributed by atoms with Gasteiger partial charge in [0.15, 0.2) is 0 Å². The fourth-order valence-electron chi connectivity index (χ4n) is 3.80. The maximum atomic E-state index is 13.7. The van der Waals surface area contributed by atoms with E-state index in [1.807, 2.05) is 6.92 Å². The summed E-state index contributed by atoms with van der Waals surface area (Å²) in [6, 6.07) is 4.11. The molecule has 9 heteroatoms. The SMILES string of the molecule is CCOC(CNC(=O)c1c(C)[nH]c(/C=C2\C(=O)Nc3ccc(F)cc32)c1C)CC(=O)N(C)C. The Morgan fingerprint density at radius 2 is 2.00 bits per heavy atom. The van der Waals surface area contributed by atoms with Crippen molar-refractivity contribution in [2.24, 2.45) is 0 Å². The second-order valence-electron chi connectivity index (χ2n) is 8.15. The van der Waals surface area contributed by atoms with E-state index in [-0.39, 0.29) is 30.7 Å². The average molecular weight is 457 g/mol. The van der Waals surface area contributed by atoms with Crippen molar-refractivity contribution >= 4 is 35.1 Å². The molecule has 3 rings (SSSR count). The zero-order valence-electron chi connectivity index (χ0n) is 19.5. The molecule has 1 aromatic heterocycles. The van der Waals surface area contributed by atoms with E-state index in [4.69, 9.17) is 4.74 Å². The lowest BCUT2D eigenvalue weighted by atomic mass is 10.0. The van der Waals surface area contributed by atoms with Crippen molar-refractivity contribution in [3.05, 3.63) is 52.1 Å². The smallest absolute Gasteiger partial charge is 0.256 e. The van der Waals surface area contributed by atoms with Gasteiger partial charge in [-0.1, -0.05) is 0 Å². The van der Waals surface area contributed by atoms with Crippen molar-refractivity contribution in [3.8, 4) is 0 Å². The molecule has 1 aliphatic heterocycles. The first-order valence-corrected chi connectivity index (χ1v) is 10.7. The molecule has 0 fully saturated rings. The number of rotatable bonds is 8. The number of halogens is 1. The van der Waals surface area contributed by atoms with Crippen LogP contribution in [0.4, 0.5) is 10.1 Å². The monoisotopic (exact) mass is 456 g/mol. The van der Waals surface area contributed by atoms with Crippen LogP contribution in [0.25, 0.3) is 11.6 Å². The number of hydrogen-bond acceptors (Lipinski definition) is 4. The summed E-state index contributed by atoms with van der Waals surface area (Å²) in [5.74, 6) is -1.17. The van der Waals surface area contributed by atoms with E-state index in [9.17, 15) is 18.8 Å². The van der Waals surface area contributed by atoms with E-state index in [1.54, 1.807) is 34.0 Å². The largest absolute Gasteiger partial charge is 0.376 e. The predicted octanol–water partition coefficient (Wildman–Crippen LogP) is 2.88. The molecule has 8 nitrogen and oxygen atoms in total. The second-order valence-corrected chi connectivity index (χ2v) is 8.15. The lowest BCUT2D eigenvalue weighted by molar-refractivity contribution is -0.131. The van der Waals surface area contributed by atoms with Crippen LogP contribution in [-0.4, -0.2) is 61.0 Å². The van der Waals surface area contributed by atoms with Gasteiger partial charge in [-0.25, -0.2) is 4.39 Å². The molecular formula is C24H29FN4O4. The quantitative estimate of drug-likeness (QED) is 0.532. The molecule has 2 aromatic rings. The first kappa shape index (κ1) is 24.2. The summed E-state index contributed by atoms with van der Waals surface area (Å²) >= 11 is 0. The molecule has 2 heterocycles. The van der Waals surface area contributed by atoms with Gasteiger partial charge in [-0.3, -0.25) is 14.4 Å². The van der Waals surface area contributed by atoms with Gasteiger partial charge in [0, 0.05) is 49.9 Å². The predicted molar refractivity (Wildman–Crippen MR) is 124 cm³/mol. The van der Waals surface area contributed by atoms with Crippen molar-refractivity contribution in [3.63, 3.8) is 0 Å². The highest BCUT2D eigenvalue weighted by Crippen LogP contribution is 2.34. The second kappa shape index (κ2) is 9.99. The highest BCUT2D eigenvalue weighted by atomic mass is 19.1. The molecule has 0 radical (unpaired) electrons. The molecule has 0 saturated carbocycles. The number of amides is 3. The van der Waals surface area contributed by atoms with E-state index >= 15 is 0 Å². The third kappa shape index (κ3) is 5.31. The first-order chi connectivity index (χ1) is 15.6. The van der Waals surface area contributed by atoms with E-state index in [2.05, 4.69) is 15.6 Å². The number of anilines is 1.